The maximum atomic E-state index is 13.7. The number of hydrogen-bond donors (Lipinski definition) is 1. The van der Waals surface area contributed by atoms with Gasteiger partial charge in [-0.15, -0.1) is 0 Å². The molecular weight excluding hydrogens is 524 g/mol. The van der Waals surface area contributed by atoms with E-state index in [0.29, 0.717) is 64.6 Å². The summed E-state index contributed by atoms with van der Waals surface area (Å²) in [4.78, 5) is 40.2. The van der Waals surface area contributed by atoms with Crippen LogP contribution in [0.25, 0.3) is 10.8 Å². The minimum absolute atomic E-state index is 0.228. The normalized spacial score (nSPS) is 17.0. The molecule has 0 aromatic heterocycles. The van der Waals surface area contributed by atoms with E-state index in [1.165, 1.54) is 11.8 Å². The zero-order chi connectivity index (χ0) is 26.5. The fraction of sp³-hybridized carbons (Fsp3) is 0.321. The van der Waals surface area contributed by atoms with Crippen molar-refractivity contribution in [3.05, 3.63) is 59.7 Å². The maximum absolute atomic E-state index is 13.7. The van der Waals surface area contributed by atoms with Crippen LogP contribution < -0.4 is 19.7 Å². The molecule has 2 aliphatic rings. The van der Waals surface area contributed by atoms with E-state index in [9.17, 15) is 14.4 Å². The van der Waals surface area contributed by atoms with E-state index >= 15 is 0 Å². The number of imide groups is 1. The van der Waals surface area contributed by atoms with Crippen LogP contribution in [0.3, 0.4) is 0 Å². The van der Waals surface area contributed by atoms with Crippen LogP contribution in [0.15, 0.2) is 48.5 Å². The van der Waals surface area contributed by atoms with Gasteiger partial charge in [0.05, 0.1) is 32.1 Å². The number of nitrogens with zero attached hydrogens (tertiary/aromatic N) is 1. The quantitative estimate of drug-likeness (QED) is 0.451. The van der Waals surface area contributed by atoms with Crippen LogP contribution in [0.5, 0.6) is 11.5 Å². The minimum atomic E-state index is -0.432. The van der Waals surface area contributed by atoms with Gasteiger partial charge in [0.25, 0.3) is 11.8 Å². The summed E-state index contributed by atoms with van der Waals surface area (Å²) >= 11 is 3.51. The van der Waals surface area contributed by atoms with Gasteiger partial charge in [0.15, 0.2) is 11.5 Å². The van der Waals surface area contributed by atoms with Gasteiger partial charge in [0.1, 0.15) is 0 Å². The first-order valence-electron chi connectivity index (χ1n) is 12.4. The van der Waals surface area contributed by atoms with Crippen LogP contribution in [0.1, 0.15) is 27.6 Å². The molecule has 0 saturated carbocycles. The van der Waals surface area contributed by atoms with E-state index < -0.39 is 11.8 Å². The molecule has 198 valence electrons. The second-order valence-corrected chi connectivity index (χ2v) is 11.1. The highest BCUT2D eigenvalue weighted by Gasteiger charge is 2.35. The largest absolute Gasteiger partial charge is 0.489 e. The predicted molar refractivity (Wildman–Crippen MR) is 152 cm³/mol. The average molecular weight is 553 g/mol. The van der Waals surface area contributed by atoms with E-state index in [1.54, 1.807) is 72.1 Å². The Hall–Kier alpha value is -3.21. The predicted octanol–water partition coefficient (Wildman–Crippen LogP) is 4.85. The molecule has 8 nitrogen and oxygen atoms in total. The third kappa shape index (κ3) is 5.62. The molecule has 0 saturated heterocycles. The molecule has 3 aromatic rings. The Morgan fingerprint density at radius 2 is 1.47 bits per heavy atom. The van der Waals surface area contributed by atoms with Gasteiger partial charge in [0, 0.05) is 63.6 Å². The molecule has 0 fully saturated rings. The van der Waals surface area contributed by atoms with Crippen molar-refractivity contribution in [2.75, 3.05) is 59.7 Å². The Kier molecular flexibility index (Phi) is 8.41. The Morgan fingerprint density at radius 1 is 0.816 bits per heavy atom. The molecule has 0 bridgehead atoms. The Bertz CT molecular complexity index is 1360. The molecule has 0 aliphatic carbocycles. The highest BCUT2D eigenvalue weighted by atomic mass is 32.2. The van der Waals surface area contributed by atoms with Gasteiger partial charge < -0.3 is 19.5 Å². The lowest BCUT2D eigenvalue weighted by molar-refractivity contribution is -0.114. The fourth-order valence-electron chi connectivity index (χ4n) is 4.46. The van der Waals surface area contributed by atoms with Gasteiger partial charge >= 0.3 is 0 Å². The van der Waals surface area contributed by atoms with E-state index in [2.05, 4.69) is 5.32 Å². The second kappa shape index (κ2) is 12.1. The first-order valence-corrected chi connectivity index (χ1v) is 14.7. The summed E-state index contributed by atoms with van der Waals surface area (Å²) in [6.45, 7) is 3.81. The number of amides is 3. The van der Waals surface area contributed by atoms with E-state index in [1.807, 2.05) is 0 Å². The number of nitrogens with one attached hydrogen (secondary N) is 1. The summed E-state index contributed by atoms with van der Waals surface area (Å²) in [6.07, 6.45) is 0. The zero-order valence-corrected chi connectivity index (χ0v) is 22.6. The molecular formula is C28H28N2O6S2. The van der Waals surface area contributed by atoms with Crippen LogP contribution in [0.4, 0.5) is 11.4 Å². The molecule has 0 unspecified atom stereocenters. The maximum Gasteiger partial charge on any atom is 0.265 e. The molecule has 0 spiro atoms. The van der Waals surface area contributed by atoms with Crippen molar-refractivity contribution in [3.8, 4) is 11.5 Å². The van der Waals surface area contributed by atoms with E-state index in [0.717, 1.165) is 29.6 Å². The standard InChI is InChI=1S/C28H28N2O6S2/c1-18(31)29-23-7-6-22-26-20(23)3-2-4-21(26)27(32)30(28(22)33)19-5-8-24-25(17-19)36-12-16-38-14-10-34-9-13-37-15-11-35-24/h2-8,17H,9-16H2,1H3,(H,29,31). The average Bonchev–Trinajstić information content (AvgIpc) is 2.91. The summed E-state index contributed by atoms with van der Waals surface area (Å²) < 4.78 is 17.7. The molecule has 0 radical (unpaired) electrons. The number of rotatable bonds is 2. The van der Waals surface area contributed by atoms with Crippen molar-refractivity contribution in [1.82, 2.24) is 0 Å². The Labute approximate surface area is 229 Å². The molecule has 38 heavy (non-hydrogen) atoms. The number of hydrogen-bond acceptors (Lipinski definition) is 8. The number of anilines is 2. The second-order valence-electron chi connectivity index (χ2n) is 8.68. The number of fused-ring (bicyclic) bond motifs is 1. The first kappa shape index (κ1) is 26.4. The summed E-state index contributed by atoms with van der Waals surface area (Å²) in [5, 5.41) is 3.97. The number of benzene rings is 3. The van der Waals surface area contributed by atoms with Crippen molar-refractivity contribution in [2.45, 2.75) is 6.92 Å². The fourth-order valence-corrected chi connectivity index (χ4v) is 5.74. The van der Waals surface area contributed by atoms with E-state index in [-0.39, 0.29) is 5.91 Å². The minimum Gasteiger partial charge on any atom is -0.489 e. The molecule has 2 aliphatic heterocycles. The molecule has 0 atom stereocenters. The molecule has 5 rings (SSSR count). The van der Waals surface area contributed by atoms with Crippen LogP contribution in [0, 0.1) is 0 Å². The van der Waals surface area contributed by atoms with Crippen LogP contribution in [-0.4, -0.2) is 67.2 Å². The van der Waals surface area contributed by atoms with Crippen LogP contribution in [-0.2, 0) is 9.53 Å². The van der Waals surface area contributed by atoms with Crippen molar-refractivity contribution < 1.29 is 28.6 Å². The summed E-state index contributed by atoms with van der Waals surface area (Å²) in [7, 11) is 0. The SMILES string of the molecule is CC(=O)Nc1ccc2c3c(cccc13)C(=O)N(c1ccc3c(c1)OCCSCCOCCSCCO3)C2=O. The van der Waals surface area contributed by atoms with Crippen LogP contribution >= 0.6 is 23.5 Å². The zero-order valence-electron chi connectivity index (χ0n) is 21.0. The van der Waals surface area contributed by atoms with Gasteiger partial charge in [-0.25, -0.2) is 4.90 Å². The lowest BCUT2D eigenvalue weighted by Gasteiger charge is -2.28. The van der Waals surface area contributed by atoms with Crippen molar-refractivity contribution in [1.29, 1.82) is 0 Å². The molecule has 10 heteroatoms. The van der Waals surface area contributed by atoms with Crippen molar-refractivity contribution in [3.63, 3.8) is 0 Å². The summed E-state index contributed by atoms with van der Waals surface area (Å²) in [5.74, 6) is 3.36. The number of thioether (sulfide) groups is 2. The number of carbonyl (C=O) groups is 3. The van der Waals surface area contributed by atoms with Gasteiger partial charge in [-0.1, -0.05) is 12.1 Å². The van der Waals surface area contributed by atoms with E-state index in [4.69, 9.17) is 14.2 Å². The number of carbonyl (C=O) groups excluding carboxylic acids is 3. The first-order chi connectivity index (χ1) is 18.5. The highest BCUT2D eigenvalue weighted by molar-refractivity contribution is 7.99. The molecule has 1 N–H and O–H groups in total. The third-order valence-corrected chi connectivity index (χ3v) is 7.94. The van der Waals surface area contributed by atoms with Crippen molar-refractivity contribution >= 4 is 63.4 Å². The van der Waals surface area contributed by atoms with Gasteiger partial charge in [0.2, 0.25) is 5.91 Å². The summed E-state index contributed by atoms with van der Waals surface area (Å²) in [5.41, 5.74) is 1.76. The lowest BCUT2D eigenvalue weighted by atomic mass is 9.92. The van der Waals surface area contributed by atoms with Gasteiger partial charge in [-0.05, 0) is 30.3 Å². The molecule has 2 heterocycles. The lowest BCUT2D eigenvalue weighted by Crippen LogP contribution is -2.40. The Balaban J connectivity index is 1.46. The molecule has 3 amide bonds. The monoisotopic (exact) mass is 552 g/mol. The summed E-state index contributed by atoms with van der Waals surface area (Å²) in [6, 6.07) is 13.7. The topological polar surface area (TPSA) is 94.2 Å². The van der Waals surface area contributed by atoms with Crippen LogP contribution in [0.2, 0.25) is 0 Å². The highest BCUT2D eigenvalue weighted by Crippen LogP contribution is 2.39. The van der Waals surface area contributed by atoms with Crippen molar-refractivity contribution in [2.24, 2.45) is 0 Å². The van der Waals surface area contributed by atoms with Gasteiger partial charge in [-0.2, -0.15) is 23.5 Å². The third-order valence-electron chi connectivity index (χ3n) is 6.12. The number of ether oxygens (including phenoxy) is 3. The van der Waals surface area contributed by atoms with Gasteiger partial charge in [-0.3, -0.25) is 14.4 Å². The molecule has 3 aromatic carbocycles. The smallest absolute Gasteiger partial charge is 0.265 e. The Morgan fingerprint density at radius 3 is 2.18 bits per heavy atom.